The van der Waals surface area contributed by atoms with E-state index in [0.717, 1.165) is 37.3 Å². The van der Waals surface area contributed by atoms with Crippen LogP contribution in [0.3, 0.4) is 0 Å². The van der Waals surface area contributed by atoms with Crippen molar-refractivity contribution in [2.45, 2.75) is 33.6 Å². The number of carbonyl (C=O) groups excluding carboxylic acids is 1. The Balaban J connectivity index is 1.62. The maximum absolute atomic E-state index is 13.0. The van der Waals surface area contributed by atoms with Crippen molar-refractivity contribution in [3.63, 3.8) is 0 Å². The largest absolute Gasteiger partial charge is 0.465 e. The van der Waals surface area contributed by atoms with E-state index < -0.39 is 0 Å². The highest BCUT2D eigenvalue weighted by Crippen LogP contribution is 2.44. The van der Waals surface area contributed by atoms with Gasteiger partial charge >= 0.3 is 5.97 Å². The number of methoxy groups -OCH3 is 1. The molecule has 3 heterocycles. The van der Waals surface area contributed by atoms with Gasteiger partial charge in [-0.25, -0.2) is 14.8 Å². The zero-order valence-corrected chi connectivity index (χ0v) is 22.5. The number of fused-ring (bicyclic) bond motifs is 1. The SMILES string of the molecule is COC(=O)c1c(Nc2ncnc3scc(-c4ccc(C(C)C)cc4)c23)sc(C)c1-c1ccc(C)cc1. The van der Waals surface area contributed by atoms with Gasteiger partial charge in [0.15, 0.2) is 0 Å². The molecule has 0 aliphatic carbocycles. The van der Waals surface area contributed by atoms with Crippen LogP contribution in [-0.2, 0) is 4.74 Å². The van der Waals surface area contributed by atoms with Crippen molar-refractivity contribution in [1.82, 2.24) is 9.97 Å². The Hall–Kier alpha value is -3.55. The topological polar surface area (TPSA) is 64.1 Å². The lowest BCUT2D eigenvalue weighted by molar-refractivity contribution is 0.0603. The van der Waals surface area contributed by atoms with Crippen molar-refractivity contribution in [3.8, 4) is 22.3 Å². The van der Waals surface area contributed by atoms with Crippen LogP contribution >= 0.6 is 22.7 Å². The Morgan fingerprint density at radius 2 is 1.67 bits per heavy atom. The summed E-state index contributed by atoms with van der Waals surface area (Å²) in [6.07, 6.45) is 1.56. The molecule has 182 valence electrons. The number of thiophene rings is 2. The summed E-state index contributed by atoms with van der Waals surface area (Å²) in [5.74, 6) is 0.768. The number of nitrogens with zero attached hydrogens (tertiary/aromatic N) is 2. The summed E-state index contributed by atoms with van der Waals surface area (Å²) in [6.45, 7) is 8.46. The number of nitrogens with one attached hydrogen (secondary N) is 1. The summed E-state index contributed by atoms with van der Waals surface area (Å²) in [4.78, 5) is 24.0. The molecule has 0 bridgehead atoms. The lowest BCUT2D eigenvalue weighted by atomic mass is 9.99. The first-order valence-electron chi connectivity index (χ1n) is 11.8. The molecule has 0 aliphatic heterocycles. The highest BCUT2D eigenvalue weighted by molar-refractivity contribution is 7.18. The Morgan fingerprint density at radius 3 is 2.33 bits per heavy atom. The van der Waals surface area contributed by atoms with Crippen LogP contribution in [0.4, 0.5) is 10.8 Å². The number of rotatable bonds is 6. The highest BCUT2D eigenvalue weighted by atomic mass is 32.1. The number of esters is 1. The van der Waals surface area contributed by atoms with Gasteiger partial charge in [0, 0.05) is 21.4 Å². The van der Waals surface area contributed by atoms with Crippen LogP contribution in [0.25, 0.3) is 32.5 Å². The summed E-state index contributed by atoms with van der Waals surface area (Å²) in [5, 5.41) is 7.24. The molecule has 36 heavy (non-hydrogen) atoms. The van der Waals surface area contributed by atoms with Gasteiger partial charge in [-0.3, -0.25) is 0 Å². The van der Waals surface area contributed by atoms with Gasteiger partial charge in [0.05, 0.1) is 12.5 Å². The van der Waals surface area contributed by atoms with Crippen LogP contribution in [0.2, 0.25) is 0 Å². The lowest BCUT2D eigenvalue weighted by Crippen LogP contribution is -2.06. The summed E-state index contributed by atoms with van der Waals surface area (Å²) in [6, 6.07) is 16.8. The number of hydrogen-bond donors (Lipinski definition) is 1. The van der Waals surface area contributed by atoms with Crippen molar-refractivity contribution >= 4 is 49.7 Å². The summed E-state index contributed by atoms with van der Waals surface area (Å²) in [5.41, 5.74) is 7.03. The monoisotopic (exact) mass is 513 g/mol. The molecule has 5 aromatic rings. The third-order valence-electron chi connectivity index (χ3n) is 6.30. The van der Waals surface area contributed by atoms with Crippen molar-refractivity contribution in [2.75, 3.05) is 12.4 Å². The smallest absolute Gasteiger partial charge is 0.341 e. The Morgan fingerprint density at radius 1 is 0.972 bits per heavy atom. The second-order valence-corrected chi connectivity index (χ2v) is 11.1. The normalized spacial score (nSPS) is 11.3. The molecule has 7 heteroatoms. The van der Waals surface area contributed by atoms with E-state index in [1.807, 2.05) is 26.0 Å². The molecule has 0 amide bonds. The second-order valence-electron chi connectivity index (χ2n) is 9.05. The molecule has 0 saturated carbocycles. The summed E-state index contributed by atoms with van der Waals surface area (Å²) < 4.78 is 5.21. The molecule has 0 atom stereocenters. The zero-order valence-electron chi connectivity index (χ0n) is 20.9. The number of benzene rings is 2. The van der Waals surface area contributed by atoms with Crippen LogP contribution in [-0.4, -0.2) is 23.0 Å². The first kappa shape index (κ1) is 24.2. The molecule has 5 nitrogen and oxygen atoms in total. The molecule has 0 spiro atoms. The summed E-state index contributed by atoms with van der Waals surface area (Å²) in [7, 11) is 1.42. The number of aromatic nitrogens is 2. The van der Waals surface area contributed by atoms with Gasteiger partial charge in [-0.2, -0.15) is 0 Å². The molecule has 0 unspecified atom stereocenters. The van der Waals surface area contributed by atoms with E-state index in [2.05, 4.69) is 70.9 Å². The van der Waals surface area contributed by atoms with Crippen LogP contribution in [0.15, 0.2) is 60.2 Å². The van der Waals surface area contributed by atoms with E-state index in [9.17, 15) is 4.79 Å². The van der Waals surface area contributed by atoms with Gasteiger partial charge in [0.2, 0.25) is 0 Å². The molecule has 0 fully saturated rings. The predicted octanol–water partition coefficient (Wildman–Crippen LogP) is 8.36. The van der Waals surface area contributed by atoms with Gasteiger partial charge < -0.3 is 10.1 Å². The first-order chi connectivity index (χ1) is 17.4. The van der Waals surface area contributed by atoms with Gasteiger partial charge in [-0.05, 0) is 36.5 Å². The van der Waals surface area contributed by atoms with Gasteiger partial charge in [0.25, 0.3) is 0 Å². The standard InChI is InChI=1S/C29H27N3O2S2/c1-16(2)19-10-12-20(13-11-19)22-14-35-27-24(22)26(30-15-31-27)32-28-25(29(33)34-5)23(18(4)36-28)21-8-6-17(3)7-9-21/h6-16H,1-5H3,(H,30,31,32). The molecule has 0 saturated heterocycles. The third-order valence-corrected chi connectivity index (χ3v) is 8.21. The van der Waals surface area contributed by atoms with E-state index in [-0.39, 0.29) is 5.97 Å². The van der Waals surface area contributed by atoms with E-state index in [1.54, 1.807) is 17.7 Å². The molecule has 0 radical (unpaired) electrons. The maximum atomic E-state index is 13.0. The zero-order chi connectivity index (χ0) is 25.4. The number of ether oxygens (including phenoxy) is 1. The van der Waals surface area contributed by atoms with Crippen LogP contribution < -0.4 is 5.32 Å². The van der Waals surface area contributed by atoms with Crippen molar-refractivity contribution in [1.29, 1.82) is 0 Å². The number of anilines is 2. The van der Waals surface area contributed by atoms with Gasteiger partial charge in [-0.1, -0.05) is 67.9 Å². The van der Waals surface area contributed by atoms with E-state index >= 15 is 0 Å². The number of aryl methyl sites for hydroxylation is 2. The fourth-order valence-electron chi connectivity index (χ4n) is 4.33. The van der Waals surface area contributed by atoms with Crippen molar-refractivity contribution < 1.29 is 9.53 Å². The fourth-order valence-corrected chi connectivity index (χ4v) is 6.31. The lowest BCUT2D eigenvalue weighted by Gasteiger charge is -2.11. The third kappa shape index (κ3) is 4.40. The van der Waals surface area contributed by atoms with Gasteiger partial charge in [0.1, 0.15) is 27.5 Å². The average Bonchev–Trinajstić information content (AvgIpc) is 3.46. The van der Waals surface area contributed by atoms with E-state index in [0.29, 0.717) is 22.3 Å². The molecule has 2 aromatic carbocycles. The fraction of sp³-hybridized carbons (Fsp3) is 0.207. The minimum Gasteiger partial charge on any atom is -0.465 e. The van der Waals surface area contributed by atoms with Crippen LogP contribution in [0, 0.1) is 13.8 Å². The highest BCUT2D eigenvalue weighted by Gasteiger charge is 2.25. The van der Waals surface area contributed by atoms with Crippen molar-refractivity contribution in [3.05, 3.63) is 81.8 Å². The Labute approximate surface area is 218 Å². The second kappa shape index (κ2) is 9.84. The quantitative estimate of drug-likeness (QED) is 0.231. The minimum absolute atomic E-state index is 0.377. The van der Waals surface area contributed by atoms with Crippen LogP contribution in [0.1, 0.15) is 46.1 Å². The number of hydrogen-bond acceptors (Lipinski definition) is 7. The van der Waals surface area contributed by atoms with Crippen molar-refractivity contribution in [2.24, 2.45) is 0 Å². The van der Waals surface area contributed by atoms with Gasteiger partial charge in [-0.15, -0.1) is 22.7 Å². The average molecular weight is 514 g/mol. The first-order valence-corrected chi connectivity index (χ1v) is 13.4. The minimum atomic E-state index is -0.377. The Kier molecular flexibility index (Phi) is 6.60. The van der Waals surface area contributed by atoms with E-state index in [4.69, 9.17) is 4.74 Å². The predicted molar refractivity (Wildman–Crippen MR) is 151 cm³/mol. The molecule has 1 N–H and O–H groups in total. The molecule has 3 aromatic heterocycles. The van der Waals surface area contributed by atoms with Crippen LogP contribution in [0.5, 0.6) is 0 Å². The Bertz CT molecular complexity index is 1550. The maximum Gasteiger partial charge on any atom is 0.341 e. The summed E-state index contributed by atoms with van der Waals surface area (Å²) >= 11 is 3.11. The number of carbonyl (C=O) groups is 1. The molecule has 0 aliphatic rings. The molecule has 5 rings (SSSR count). The molecular formula is C29H27N3O2S2. The molecular weight excluding hydrogens is 486 g/mol. The van der Waals surface area contributed by atoms with E-state index in [1.165, 1.54) is 29.6 Å².